The minimum atomic E-state index is -0.280. The van der Waals surface area contributed by atoms with Crippen molar-refractivity contribution in [3.63, 3.8) is 0 Å². The number of likely N-dealkylation sites (tertiary alicyclic amines) is 1. The van der Waals surface area contributed by atoms with Crippen LogP contribution in [0.4, 0.5) is 0 Å². The fourth-order valence-electron chi connectivity index (χ4n) is 4.87. The van der Waals surface area contributed by atoms with Crippen molar-refractivity contribution in [1.29, 1.82) is 0 Å². The first-order valence-corrected chi connectivity index (χ1v) is 12.4. The molecule has 0 saturated carbocycles. The maximum atomic E-state index is 12.6. The summed E-state index contributed by atoms with van der Waals surface area (Å²) >= 11 is 1.69. The van der Waals surface area contributed by atoms with Crippen LogP contribution in [0.25, 0.3) is 0 Å². The number of carbonyl (C=O) groups excluding carboxylic acids is 2. The van der Waals surface area contributed by atoms with E-state index in [0.29, 0.717) is 30.7 Å². The molecular formula is C27H35NO4S. The molecule has 1 unspecified atom stereocenters. The van der Waals surface area contributed by atoms with E-state index in [1.54, 1.807) is 23.9 Å². The van der Waals surface area contributed by atoms with E-state index >= 15 is 0 Å². The molecule has 0 spiro atoms. The number of hydrogen-bond donors (Lipinski definition) is 0. The van der Waals surface area contributed by atoms with E-state index in [1.165, 1.54) is 6.92 Å². The molecule has 0 radical (unpaired) electrons. The van der Waals surface area contributed by atoms with Crippen LogP contribution in [-0.4, -0.2) is 52.4 Å². The maximum absolute atomic E-state index is 12.6. The van der Waals surface area contributed by atoms with E-state index in [2.05, 4.69) is 44.7 Å². The number of thioether (sulfide) groups is 1. The zero-order valence-corrected chi connectivity index (χ0v) is 21.1. The fourth-order valence-corrected chi connectivity index (χ4v) is 5.77. The van der Waals surface area contributed by atoms with Crippen LogP contribution in [-0.2, 0) is 14.3 Å². The Morgan fingerprint density at radius 2 is 1.52 bits per heavy atom. The largest absolute Gasteiger partial charge is 0.460 e. The van der Waals surface area contributed by atoms with Gasteiger partial charge in [-0.3, -0.25) is 9.69 Å². The third-order valence-corrected chi connectivity index (χ3v) is 7.24. The normalized spacial score (nSPS) is 18.9. The summed E-state index contributed by atoms with van der Waals surface area (Å²) in [6, 6.07) is 19.3. The lowest BCUT2D eigenvalue weighted by Crippen LogP contribution is -2.64. The highest BCUT2D eigenvalue weighted by atomic mass is 32.2. The molecule has 3 rings (SSSR count). The summed E-state index contributed by atoms with van der Waals surface area (Å²) in [5, 5.41) is 0. The van der Waals surface area contributed by atoms with E-state index in [1.807, 2.05) is 36.4 Å². The number of benzene rings is 2. The summed E-state index contributed by atoms with van der Waals surface area (Å²) in [7, 11) is 0. The molecular weight excluding hydrogens is 434 g/mol. The second-order valence-electron chi connectivity index (χ2n) is 9.89. The van der Waals surface area contributed by atoms with Crippen molar-refractivity contribution in [2.24, 2.45) is 0 Å². The van der Waals surface area contributed by atoms with Gasteiger partial charge in [0.1, 0.15) is 12.2 Å². The highest BCUT2D eigenvalue weighted by Gasteiger charge is 2.47. The number of rotatable bonds is 8. The van der Waals surface area contributed by atoms with E-state index in [4.69, 9.17) is 9.47 Å². The Kier molecular flexibility index (Phi) is 8.24. The number of hydrogen-bond acceptors (Lipinski definition) is 6. The highest BCUT2D eigenvalue weighted by molar-refractivity contribution is 7.99. The zero-order chi connectivity index (χ0) is 24.1. The van der Waals surface area contributed by atoms with E-state index in [-0.39, 0.29) is 35.2 Å². The molecule has 0 amide bonds. The van der Waals surface area contributed by atoms with Crippen LogP contribution >= 0.6 is 11.8 Å². The first-order chi connectivity index (χ1) is 15.6. The zero-order valence-electron chi connectivity index (χ0n) is 20.2. The summed E-state index contributed by atoms with van der Waals surface area (Å²) in [6.07, 6.45) is 1.01. The predicted molar refractivity (Wildman–Crippen MR) is 132 cm³/mol. The van der Waals surface area contributed by atoms with Crippen LogP contribution in [0.5, 0.6) is 0 Å². The fraction of sp³-hybridized carbons (Fsp3) is 0.481. The van der Waals surface area contributed by atoms with Crippen molar-refractivity contribution in [3.05, 3.63) is 66.2 Å². The van der Waals surface area contributed by atoms with Crippen molar-refractivity contribution in [1.82, 2.24) is 4.90 Å². The third kappa shape index (κ3) is 7.08. The van der Waals surface area contributed by atoms with Crippen LogP contribution in [0.3, 0.4) is 0 Å². The number of nitrogens with zero attached hydrogens (tertiary/aromatic N) is 1. The summed E-state index contributed by atoms with van der Waals surface area (Å²) in [6.45, 7) is 10.8. The molecule has 1 saturated heterocycles. The van der Waals surface area contributed by atoms with E-state index in [0.717, 1.165) is 4.90 Å². The molecule has 1 aliphatic rings. The lowest BCUT2D eigenvalue weighted by molar-refractivity contribution is -0.151. The van der Waals surface area contributed by atoms with E-state index in [9.17, 15) is 9.59 Å². The number of ether oxygens (including phenoxy) is 2. The van der Waals surface area contributed by atoms with Gasteiger partial charge in [0.15, 0.2) is 0 Å². The van der Waals surface area contributed by atoms with Gasteiger partial charge in [-0.15, -0.1) is 11.8 Å². The molecule has 178 valence electrons. The molecule has 0 bridgehead atoms. The molecule has 6 heteroatoms. The molecule has 2 aromatic carbocycles. The lowest BCUT2D eigenvalue weighted by atomic mass is 9.78. The average molecular weight is 470 g/mol. The van der Waals surface area contributed by atoms with Gasteiger partial charge in [0.25, 0.3) is 0 Å². The molecule has 0 aliphatic carbocycles. The minimum Gasteiger partial charge on any atom is -0.460 e. The topological polar surface area (TPSA) is 55.8 Å². The molecule has 1 heterocycles. The first kappa shape index (κ1) is 25.3. The van der Waals surface area contributed by atoms with Gasteiger partial charge in [0.05, 0.1) is 5.56 Å². The van der Waals surface area contributed by atoms with Gasteiger partial charge >= 0.3 is 11.9 Å². The Labute approximate surface area is 201 Å². The van der Waals surface area contributed by atoms with Crippen LogP contribution in [0.1, 0.15) is 57.8 Å². The monoisotopic (exact) mass is 469 g/mol. The third-order valence-electron chi connectivity index (χ3n) is 6.10. The maximum Gasteiger partial charge on any atom is 0.338 e. The smallest absolute Gasteiger partial charge is 0.338 e. The molecule has 5 nitrogen and oxygen atoms in total. The molecule has 1 aliphatic heterocycles. The number of piperidine rings is 1. The van der Waals surface area contributed by atoms with Gasteiger partial charge in [-0.1, -0.05) is 36.4 Å². The molecule has 1 fully saturated rings. The van der Waals surface area contributed by atoms with Gasteiger partial charge in [-0.25, -0.2) is 4.79 Å². The van der Waals surface area contributed by atoms with Gasteiger partial charge in [0.2, 0.25) is 0 Å². The second kappa shape index (κ2) is 10.7. The van der Waals surface area contributed by atoms with Crippen LogP contribution in [0.2, 0.25) is 0 Å². The first-order valence-electron chi connectivity index (χ1n) is 11.5. The van der Waals surface area contributed by atoms with Gasteiger partial charge in [-0.05, 0) is 52.0 Å². The standard InChI is InChI=1S/C27H35NO4S/c1-20(29)31-23(19-33-24-14-10-7-11-15-24)18-28-26(2,3)16-22(17-27(28,4)5)32-25(30)21-12-8-6-9-13-21/h6-15,22-23H,16-19H2,1-5H3. The highest BCUT2D eigenvalue weighted by Crippen LogP contribution is 2.40. The van der Waals surface area contributed by atoms with Gasteiger partial charge < -0.3 is 9.47 Å². The second-order valence-corrected chi connectivity index (χ2v) is 11.0. The summed E-state index contributed by atoms with van der Waals surface area (Å²) < 4.78 is 11.6. The Morgan fingerprint density at radius 3 is 2.06 bits per heavy atom. The van der Waals surface area contributed by atoms with Gasteiger partial charge in [-0.2, -0.15) is 0 Å². The van der Waals surface area contributed by atoms with Crippen molar-refractivity contribution < 1.29 is 19.1 Å². The average Bonchev–Trinajstić information content (AvgIpc) is 2.74. The van der Waals surface area contributed by atoms with Crippen LogP contribution in [0.15, 0.2) is 65.6 Å². The molecule has 0 N–H and O–H groups in total. The Morgan fingerprint density at radius 1 is 0.970 bits per heavy atom. The Balaban J connectivity index is 1.69. The van der Waals surface area contributed by atoms with Crippen molar-refractivity contribution in [2.45, 2.75) is 75.6 Å². The lowest BCUT2D eigenvalue weighted by Gasteiger charge is -2.55. The Hall–Kier alpha value is -2.31. The minimum absolute atomic E-state index is 0.176. The summed E-state index contributed by atoms with van der Waals surface area (Å²) in [5.41, 5.74) is 0.0988. The summed E-state index contributed by atoms with van der Waals surface area (Å²) in [5.74, 6) is 0.132. The predicted octanol–water partition coefficient (Wildman–Crippen LogP) is 5.59. The van der Waals surface area contributed by atoms with Crippen molar-refractivity contribution >= 4 is 23.7 Å². The van der Waals surface area contributed by atoms with Crippen LogP contribution < -0.4 is 0 Å². The quantitative estimate of drug-likeness (QED) is 0.371. The molecule has 2 aromatic rings. The van der Waals surface area contributed by atoms with Crippen molar-refractivity contribution in [3.8, 4) is 0 Å². The summed E-state index contributed by atoms with van der Waals surface area (Å²) in [4.78, 5) is 28.0. The number of carbonyl (C=O) groups is 2. The van der Waals surface area contributed by atoms with Gasteiger partial charge in [0, 0.05) is 48.0 Å². The molecule has 0 aromatic heterocycles. The SMILES string of the molecule is CC(=O)OC(CSc1ccccc1)CN1C(C)(C)CC(OC(=O)c2ccccc2)CC1(C)C. The van der Waals surface area contributed by atoms with Crippen molar-refractivity contribution in [2.75, 3.05) is 12.3 Å². The molecule has 33 heavy (non-hydrogen) atoms. The number of esters is 2. The van der Waals surface area contributed by atoms with Crippen LogP contribution in [0, 0.1) is 0 Å². The van der Waals surface area contributed by atoms with E-state index < -0.39 is 0 Å². The molecule has 1 atom stereocenters. The Bertz CT molecular complexity index is 912.